The monoisotopic (exact) mass is 631 g/mol. The van der Waals surface area contributed by atoms with E-state index in [4.69, 9.17) is 29.1 Å². The fourth-order valence-corrected chi connectivity index (χ4v) is 6.29. The molecule has 3 N–H and O–H groups in total. The number of benzene rings is 2. The topological polar surface area (TPSA) is 126 Å². The van der Waals surface area contributed by atoms with Crippen molar-refractivity contribution >= 4 is 52.5 Å². The van der Waals surface area contributed by atoms with E-state index in [9.17, 15) is 24.0 Å². The Balaban J connectivity index is 1.41. The second-order valence-electron chi connectivity index (χ2n) is 10.6. The molecule has 0 bridgehead atoms. The molecule has 1 unspecified atom stereocenters. The van der Waals surface area contributed by atoms with Crippen LogP contribution < -0.4 is 11.1 Å². The van der Waals surface area contributed by atoms with Crippen molar-refractivity contribution in [3.63, 3.8) is 0 Å². The van der Waals surface area contributed by atoms with Crippen molar-refractivity contribution < 1.29 is 23.2 Å². The maximum Gasteiger partial charge on any atom is 0.285 e. The molecule has 3 aliphatic rings. The van der Waals surface area contributed by atoms with E-state index in [1.165, 1.54) is 13.1 Å². The van der Waals surface area contributed by atoms with Crippen molar-refractivity contribution in [2.24, 2.45) is 11.7 Å². The van der Waals surface area contributed by atoms with E-state index in [0.717, 1.165) is 47.4 Å². The van der Waals surface area contributed by atoms with E-state index in [1.54, 1.807) is 29.2 Å². The van der Waals surface area contributed by atoms with Gasteiger partial charge in [0.15, 0.2) is 5.82 Å². The summed E-state index contributed by atoms with van der Waals surface area (Å²) in [6.07, 6.45) is 1.63. The maximum absolute atomic E-state index is 15.4. The van der Waals surface area contributed by atoms with Crippen LogP contribution >= 0.6 is 23.4 Å². The van der Waals surface area contributed by atoms with Gasteiger partial charge < -0.3 is 25.8 Å². The quantitative estimate of drug-likeness (QED) is 0.295. The summed E-state index contributed by atoms with van der Waals surface area (Å²) < 4.78 is 30.3. The van der Waals surface area contributed by atoms with Crippen molar-refractivity contribution in [3.8, 4) is 6.07 Å². The van der Waals surface area contributed by atoms with Gasteiger partial charge in [-0.3, -0.25) is 14.4 Å². The number of carbonyl (C=O) groups excluding carboxylic acids is 3. The molecular formula is C29H29Cl2F2N7O3. The molecule has 0 spiro atoms. The van der Waals surface area contributed by atoms with Gasteiger partial charge in [0.2, 0.25) is 5.91 Å². The number of hydrogen-bond donors (Lipinski definition) is 2. The highest BCUT2D eigenvalue weighted by Gasteiger charge is 2.54. The largest absolute Gasteiger partial charge is 0.365 e. The summed E-state index contributed by atoms with van der Waals surface area (Å²) in [6, 6.07) is 9.75. The first-order valence-electron chi connectivity index (χ1n) is 13.7. The number of nitrogens with two attached hydrogens (primary N) is 1. The van der Waals surface area contributed by atoms with E-state index >= 15 is 4.39 Å². The number of nitrogens with zero attached hydrogens (tertiary/aromatic N) is 5. The highest BCUT2D eigenvalue weighted by atomic mass is 35.5. The fourth-order valence-electron chi connectivity index (χ4n) is 5.75. The molecule has 0 radical (unpaired) electrons. The molecule has 3 amide bonds. The molecule has 2 saturated heterocycles. The molecule has 43 heavy (non-hydrogen) atoms. The first kappa shape index (κ1) is 30.5. The standard InChI is InChI=1S/C29H29Cl2F2N7O3/c1-37-25(20-6-7-22(32)21(16-34)23(20)33)24(40(31)29(37,30)28(35)43)17-2-4-18(5-3-17)26(41)38-12-14-39(15-13-38)27(42)19-8-10-36-11-9-19/h2-7,19,36H,8-15H2,1H3,(H2,35,43). The molecule has 2 fully saturated rings. The molecule has 10 nitrogen and oxygen atoms in total. The molecule has 14 heteroatoms. The number of amides is 3. The molecule has 0 saturated carbocycles. The molecule has 3 aliphatic heterocycles. The molecule has 3 heterocycles. The van der Waals surface area contributed by atoms with Gasteiger partial charge >= 0.3 is 0 Å². The van der Waals surface area contributed by atoms with E-state index < -0.39 is 28.2 Å². The second kappa shape index (κ2) is 12.0. The Labute approximate surface area is 257 Å². The number of likely N-dealkylation sites (N-methyl/N-ethyl adjacent to an activating group) is 1. The summed E-state index contributed by atoms with van der Waals surface area (Å²) in [5, 5.41) is 10.4. The van der Waals surface area contributed by atoms with Crippen LogP contribution in [0.3, 0.4) is 0 Å². The minimum absolute atomic E-state index is 0.0162. The normalized spacial score (nSPS) is 21.3. The average Bonchev–Trinajstić information content (AvgIpc) is 3.23. The summed E-state index contributed by atoms with van der Waals surface area (Å²) in [5.74, 6) is -3.36. The van der Waals surface area contributed by atoms with E-state index in [-0.39, 0.29) is 34.7 Å². The zero-order valence-electron chi connectivity index (χ0n) is 23.2. The third-order valence-corrected chi connectivity index (χ3v) is 9.31. The van der Waals surface area contributed by atoms with Crippen LogP contribution in [0.5, 0.6) is 0 Å². The number of nitrogens with one attached hydrogen (secondary N) is 1. The Hall–Kier alpha value is -3.92. The highest BCUT2D eigenvalue weighted by Crippen LogP contribution is 2.49. The molecule has 1 atom stereocenters. The zero-order valence-corrected chi connectivity index (χ0v) is 24.8. The number of carbonyl (C=O) groups is 3. The van der Waals surface area contributed by atoms with E-state index in [0.29, 0.717) is 37.3 Å². The van der Waals surface area contributed by atoms with E-state index in [2.05, 4.69) is 5.32 Å². The second-order valence-corrected chi connectivity index (χ2v) is 11.5. The van der Waals surface area contributed by atoms with Gasteiger partial charge in [-0.25, -0.2) is 13.2 Å². The Morgan fingerprint density at radius 1 is 1.00 bits per heavy atom. The summed E-state index contributed by atoms with van der Waals surface area (Å²) in [5.41, 5.74) is 5.27. The third-order valence-electron chi connectivity index (χ3n) is 8.20. The molecule has 0 aliphatic carbocycles. The number of alkyl halides is 1. The Morgan fingerprint density at radius 3 is 2.19 bits per heavy atom. The van der Waals surface area contributed by atoms with Gasteiger partial charge in [-0.05, 0) is 50.2 Å². The van der Waals surface area contributed by atoms with E-state index in [1.807, 2.05) is 4.90 Å². The van der Waals surface area contributed by atoms with Crippen molar-refractivity contribution in [2.45, 2.75) is 18.0 Å². The first-order valence-corrected chi connectivity index (χ1v) is 14.4. The van der Waals surface area contributed by atoms with Gasteiger partial charge in [0, 0.05) is 67.6 Å². The SMILES string of the molecule is CN1C(c2ccc(F)c(C#N)c2F)=C(c2ccc(C(=O)N3CCN(C(=O)C4CCNCC4)CC3)cc2)N(Cl)C1(Cl)C(N)=O. The molecule has 5 rings (SSSR count). The molecule has 2 aromatic carbocycles. The summed E-state index contributed by atoms with van der Waals surface area (Å²) in [4.78, 5) is 43.3. The van der Waals surface area contributed by atoms with Gasteiger partial charge in [0.25, 0.3) is 16.9 Å². The smallest absolute Gasteiger partial charge is 0.285 e. The summed E-state index contributed by atoms with van der Waals surface area (Å²) >= 11 is 13.1. The van der Waals surface area contributed by atoms with Gasteiger partial charge in [-0.2, -0.15) is 5.26 Å². The lowest BCUT2D eigenvalue weighted by Gasteiger charge is -2.37. The Bertz CT molecular complexity index is 1530. The van der Waals surface area contributed by atoms with Crippen LogP contribution in [-0.2, 0) is 9.59 Å². The number of nitriles is 1. The predicted octanol–water partition coefficient (Wildman–Crippen LogP) is 2.73. The first-order chi connectivity index (χ1) is 20.5. The van der Waals surface area contributed by atoms with Crippen LogP contribution in [0.25, 0.3) is 11.4 Å². The summed E-state index contributed by atoms with van der Waals surface area (Å²) in [7, 11) is 1.36. The van der Waals surface area contributed by atoms with Gasteiger partial charge in [0.05, 0.1) is 11.4 Å². The molecule has 226 valence electrons. The number of primary amides is 1. The molecule has 2 aromatic rings. The maximum atomic E-state index is 15.4. The van der Waals surface area contributed by atoms with Crippen molar-refractivity contribution in [2.75, 3.05) is 46.3 Å². The minimum Gasteiger partial charge on any atom is -0.365 e. The van der Waals surface area contributed by atoms with Crippen LogP contribution in [0.4, 0.5) is 8.78 Å². The molecular weight excluding hydrogens is 603 g/mol. The lowest BCUT2D eigenvalue weighted by atomic mass is 9.96. The zero-order chi connectivity index (χ0) is 31.1. The van der Waals surface area contributed by atoms with Gasteiger partial charge in [-0.15, -0.1) is 0 Å². The van der Waals surface area contributed by atoms with Crippen LogP contribution in [0.2, 0.25) is 0 Å². The number of piperazine rings is 1. The van der Waals surface area contributed by atoms with Gasteiger partial charge in [0.1, 0.15) is 17.4 Å². The fraction of sp³-hybridized carbons (Fsp3) is 0.379. The van der Waals surface area contributed by atoms with Gasteiger partial charge in [-0.1, -0.05) is 23.7 Å². The lowest BCUT2D eigenvalue weighted by molar-refractivity contribution is -0.137. The Morgan fingerprint density at radius 2 is 1.60 bits per heavy atom. The van der Waals surface area contributed by atoms with Crippen molar-refractivity contribution in [1.82, 2.24) is 24.4 Å². The number of rotatable bonds is 5. The summed E-state index contributed by atoms with van der Waals surface area (Å²) in [6.45, 7) is 3.35. The lowest BCUT2D eigenvalue weighted by Crippen LogP contribution is -2.54. The average molecular weight is 632 g/mol. The van der Waals surface area contributed by atoms with Crippen LogP contribution in [0.15, 0.2) is 36.4 Å². The van der Waals surface area contributed by atoms with Crippen LogP contribution in [0.1, 0.15) is 39.9 Å². The predicted molar refractivity (Wildman–Crippen MR) is 156 cm³/mol. The number of halogens is 4. The van der Waals surface area contributed by atoms with Crippen molar-refractivity contribution in [1.29, 1.82) is 5.26 Å². The highest BCUT2D eigenvalue weighted by molar-refractivity contribution is 6.40. The van der Waals surface area contributed by atoms with Crippen LogP contribution in [-0.4, -0.2) is 88.3 Å². The Kier molecular flexibility index (Phi) is 8.51. The third kappa shape index (κ3) is 5.26. The minimum atomic E-state index is -2.17. The molecule has 0 aromatic heterocycles. The van der Waals surface area contributed by atoms with Crippen LogP contribution in [0, 0.1) is 28.9 Å². The number of hydrogen-bond acceptors (Lipinski definition) is 7. The van der Waals surface area contributed by atoms with Crippen molar-refractivity contribution in [3.05, 3.63) is 70.3 Å². The number of piperidine rings is 1.